The van der Waals surface area contributed by atoms with Crippen molar-refractivity contribution in [2.75, 3.05) is 5.32 Å². The minimum atomic E-state index is -4.36. The first-order valence-corrected chi connectivity index (χ1v) is 12.5. The van der Waals surface area contributed by atoms with Crippen LogP contribution in [0.3, 0.4) is 0 Å². The number of carbonyl (C=O) groups is 1. The van der Waals surface area contributed by atoms with Crippen LogP contribution in [0.15, 0.2) is 81.7 Å². The van der Waals surface area contributed by atoms with Crippen molar-refractivity contribution in [3.8, 4) is 11.8 Å². The summed E-state index contributed by atoms with van der Waals surface area (Å²) in [7, 11) is -4.36. The Morgan fingerprint density at radius 3 is 2.35 bits per heavy atom. The number of nitrogens with one attached hydrogen (secondary N) is 1. The second kappa shape index (κ2) is 10.8. The molecule has 0 heterocycles. The number of hydrogen-bond acceptors (Lipinski definition) is 7. The Kier molecular flexibility index (Phi) is 8.02. The number of hydrogen-bond donors (Lipinski definition) is 1. The monoisotopic (exact) mass is 653 g/mol. The number of nitriles is 1. The number of anilines is 1. The molecule has 1 amide bonds. The van der Waals surface area contributed by atoms with Crippen molar-refractivity contribution in [3.63, 3.8) is 0 Å². The highest BCUT2D eigenvalue weighted by Gasteiger charge is 2.20. The Bertz CT molecular complexity index is 1430. The Labute approximate surface area is 216 Å². The predicted octanol–water partition coefficient (Wildman–Crippen LogP) is 5.28. The number of halogens is 2. The summed E-state index contributed by atoms with van der Waals surface area (Å²) in [5.41, 5.74) is 0.0745. The number of nitro benzene ring substituents is 1. The molecule has 3 aromatic carbocycles. The SMILES string of the molecule is N#C/C(=C/c1cc(Br)ccc1OS(=O)(=O)c1ccc([N+](=O)[O-])cc1)C(=O)Nc1ccc(I)cc1. The maximum atomic E-state index is 12.7. The van der Waals surface area contributed by atoms with Crippen LogP contribution in [0.5, 0.6) is 5.75 Å². The number of amides is 1. The Hall–Kier alpha value is -3.28. The lowest BCUT2D eigenvalue weighted by Crippen LogP contribution is -2.14. The minimum absolute atomic E-state index is 0.142. The molecule has 12 heteroatoms. The number of rotatable bonds is 7. The molecule has 34 heavy (non-hydrogen) atoms. The number of benzene rings is 3. The number of non-ortho nitro benzene ring substituents is 1. The highest BCUT2D eigenvalue weighted by Crippen LogP contribution is 2.29. The second-order valence-corrected chi connectivity index (χ2v) is 10.3. The van der Waals surface area contributed by atoms with Gasteiger partial charge in [0.05, 0.1) is 4.92 Å². The van der Waals surface area contributed by atoms with E-state index >= 15 is 0 Å². The lowest BCUT2D eigenvalue weighted by Gasteiger charge is -2.11. The fraction of sp³-hybridized carbons (Fsp3) is 0. The topological polar surface area (TPSA) is 139 Å². The molecule has 0 aliphatic heterocycles. The van der Waals surface area contributed by atoms with E-state index in [1.807, 2.05) is 0 Å². The van der Waals surface area contributed by atoms with Crippen LogP contribution in [0, 0.1) is 25.0 Å². The number of nitro groups is 1. The molecular weight excluding hydrogens is 641 g/mol. The molecule has 3 rings (SSSR count). The van der Waals surface area contributed by atoms with Crippen molar-refractivity contribution in [1.82, 2.24) is 0 Å². The smallest absolute Gasteiger partial charge is 0.339 e. The van der Waals surface area contributed by atoms with Crippen molar-refractivity contribution in [3.05, 3.63) is 96.0 Å². The fourth-order valence-electron chi connectivity index (χ4n) is 2.64. The molecule has 0 fully saturated rings. The average Bonchev–Trinajstić information content (AvgIpc) is 2.80. The van der Waals surface area contributed by atoms with Crippen LogP contribution in [0.4, 0.5) is 11.4 Å². The van der Waals surface area contributed by atoms with Crippen LogP contribution >= 0.6 is 38.5 Å². The lowest BCUT2D eigenvalue weighted by atomic mass is 10.1. The average molecular weight is 654 g/mol. The fourth-order valence-corrected chi connectivity index (χ4v) is 4.34. The third kappa shape index (κ3) is 6.40. The maximum absolute atomic E-state index is 12.7. The quantitative estimate of drug-likeness (QED) is 0.0914. The first kappa shape index (κ1) is 25.3. The van der Waals surface area contributed by atoms with Gasteiger partial charge >= 0.3 is 10.1 Å². The zero-order valence-electron chi connectivity index (χ0n) is 16.9. The summed E-state index contributed by atoms with van der Waals surface area (Å²) >= 11 is 5.39. The van der Waals surface area contributed by atoms with Gasteiger partial charge < -0.3 is 9.50 Å². The highest BCUT2D eigenvalue weighted by atomic mass is 127. The molecule has 3 aromatic rings. The molecule has 9 nitrogen and oxygen atoms in total. The first-order chi connectivity index (χ1) is 16.1. The van der Waals surface area contributed by atoms with E-state index in [1.165, 1.54) is 24.3 Å². The molecule has 1 N–H and O–H groups in total. The minimum Gasteiger partial charge on any atom is -0.378 e. The molecule has 0 saturated carbocycles. The van der Waals surface area contributed by atoms with E-state index in [4.69, 9.17) is 4.18 Å². The van der Waals surface area contributed by atoms with Gasteiger partial charge in [-0.3, -0.25) is 14.9 Å². The second-order valence-electron chi connectivity index (χ2n) is 6.60. The van der Waals surface area contributed by atoms with E-state index in [9.17, 15) is 28.6 Å². The summed E-state index contributed by atoms with van der Waals surface area (Å²) in [6.07, 6.45) is 1.20. The molecule has 0 atom stereocenters. The summed E-state index contributed by atoms with van der Waals surface area (Å²) in [6.45, 7) is 0. The van der Waals surface area contributed by atoms with Gasteiger partial charge in [-0.1, -0.05) is 15.9 Å². The van der Waals surface area contributed by atoms with Crippen molar-refractivity contribution in [2.24, 2.45) is 0 Å². The molecular formula is C22H13BrIN3O6S. The van der Waals surface area contributed by atoms with Gasteiger partial charge in [-0.2, -0.15) is 13.7 Å². The van der Waals surface area contributed by atoms with Crippen molar-refractivity contribution >= 4 is 72.0 Å². The van der Waals surface area contributed by atoms with Crippen molar-refractivity contribution < 1.29 is 22.3 Å². The van der Waals surface area contributed by atoms with E-state index in [1.54, 1.807) is 30.3 Å². The van der Waals surface area contributed by atoms with Gasteiger partial charge in [0, 0.05) is 31.4 Å². The normalized spacial score (nSPS) is 11.4. The van der Waals surface area contributed by atoms with Gasteiger partial charge in [0.15, 0.2) is 0 Å². The Balaban J connectivity index is 1.92. The molecule has 0 spiro atoms. The lowest BCUT2D eigenvalue weighted by molar-refractivity contribution is -0.384. The zero-order chi connectivity index (χ0) is 24.9. The standard InChI is InChI=1S/C22H13BrIN3O6S/c23-16-1-10-21(33-34(31,32)20-8-6-19(7-9-20)27(29)30)14(12-16)11-15(13-25)22(28)26-18-4-2-17(24)3-5-18/h1-12H,(H,26,28)/b15-11-. The van der Waals surface area contributed by atoms with Crippen LogP contribution in [0.1, 0.15) is 5.56 Å². The van der Waals surface area contributed by atoms with Crippen LogP contribution in [0.2, 0.25) is 0 Å². The van der Waals surface area contributed by atoms with Gasteiger partial charge in [0.2, 0.25) is 0 Å². The Morgan fingerprint density at radius 2 is 1.76 bits per heavy atom. The summed E-state index contributed by atoms with van der Waals surface area (Å²) < 4.78 is 32.2. The van der Waals surface area contributed by atoms with Gasteiger partial charge in [0.1, 0.15) is 22.3 Å². The van der Waals surface area contributed by atoms with Gasteiger partial charge in [-0.05, 0) is 83.3 Å². The first-order valence-electron chi connectivity index (χ1n) is 9.26. The van der Waals surface area contributed by atoms with E-state index in [0.717, 1.165) is 27.8 Å². The highest BCUT2D eigenvalue weighted by molar-refractivity contribution is 14.1. The van der Waals surface area contributed by atoms with Gasteiger partial charge in [0.25, 0.3) is 11.6 Å². The van der Waals surface area contributed by atoms with Crippen molar-refractivity contribution in [2.45, 2.75) is 4.90 Å². The van der Waals surface area contributed by atoms with Crippen LogP contribution in [-0.4, -0.2) is 19.2 Å². The predicted molar refractivity (Wildman–Crippen MR) is 136 cm³/mol. The summed E-state index contributed by atoms with van der Waals surface area (Å²) in [5, 5.41) is 22.9. The van der Waals surface area contributed by atoms with Gasteiger partial charge in [-0.15, -0.1) is 0 Å². The van der Waals surface area contributed by atoms with Gasteiger partial charge in [-0.25, -0.2) is 0 Å². The third-order valence-electron chi connectivity index (χ3n) is 4.27. The summed E-state index contributed by atoms with van der Waals surface area (Å²) in [4.78, 5) is 22.4. The Morgan fingerprint density at radius 1 is 1.12 bits per heavy atom. The largest absolute Gasteiger partial charge is 0.378 e. The molecule has 0 radical (unpaired) electrons. The van der Waals surface area contributed by atoms with Crippen LogP contribution in [-0.2, 0) is 14.9 Å². The maximum Gasteiger partial charge on any atom is 0.339 e. The zero-order valence-corrected chi connectivity index (χ0v) is 21.5. The molecule has 0 aromatic heterocycles. The van der Waals surface area contributed by atoms with E-state index in [0.29, 0.717) is 10.2 Å². The van der Waals surface area contributed by atoms with E-state index in [2.05, 4.69) is 43.8 Å². The summed E-state index contributed by atoms with van der Waals surface area (Å²) in [5.74, 6) is -0.829. The molecule has 0 aliphatic rings. The molecule has 0 saturated heterocycles. The molecule has 0 aliphatic carbocycles. The third-order valence-corrected chi connectivity index (χ3v) is 6.74. The molecule has 0 bridgehead atoms. The number of carbonyl (C=O) groups excluding carboxylic acids is 1. The van der Waals surface area contributed by atoms with Crippen LogP contribution < -0.4 is 9.50 Å². The molecule has 0 unspecified atom stereocenters. The van der Waals surface area contributed by atoms with E-state index < -0.39 is 20.9 Å². The summed E-state index contributed by atoms with van der Waals surface area (Å²) in [6, 6.07) is 17.3. The molecule has 172 valence electrons. The van der Waals surface area contributed by atoms with Crippen LogP contribution in [0.25, 0.3) is 6.08 Å². The number of nitrogens with zero attached hydrogens (tertiary/aromatic N) is 2. The van der Waals surface area contributed by atoms with Crippen molar-refractivity contribution in [1.29, 1.82) is 5.26 Å². The van der Waals surface area contributed by atoms with E-state index in [-0.39, 0.29) is 27.5 Å².